The third-order valence-electron chi connectivity index (χ3n) is 7.36. The number of aromatic nitrogens is 3. The Morgan fingerprint density at radius 2 is 1.68 bits per heavy atom. The van der Waals surface area contributed by atoms with E-state index in [0.717, 1.165) is 25.7 Å². The van der Waals surface area contributed by atoms with E-state index in [-0.39, 0.29) is 40.7 Å². The topological polar surface area (TPSA) is 146 Å². The smallest absolute Gasteiger partial charge is 0.273 e. The van der Waals surface area contributed by atoms with Crippen molar-refractivity contribution in [2.45, 2.75) is 44.1 Å². The van der Waals surface area contributed by atoms with Crippen molar-refractivity contribution >= 4 is 35.2 Å². The Morgan fingerprint density at radius 3 is 2.32 bits per heavy atom. The van der Waals surface area contributed by atoms with E-state index in [9.17, 15) is 14.4 Å². The second-order valence-corrected chi connectivity index (χ2v) is 9.96. The van der Waals surface area contributed by atoms with Crippen LogP contribution in [0.25, 0.3) is 0 Å². The van der Waals surface area contributed by atoms with E-state index in [2.05, 4.69) is 45.9 Å². The summed E-state index contributed by atoms with van der Waals surface area (Å²) in [7, 11) is 0. The van der Waals surface area contributed by atoms with Crippen LogP contribution in [-0.2, 0) is 15.0 Å². The van der Waals surface area contributed by atoms with Gasteiger partial charge in [-0.25, -0.2) is 0 Å². The molecule has 2 saturated heterocycles. The third-order valence-corrected chi connectivity index (χ3v) is 7.36. The quantitative estimate of drug-likeness (QED) is 0.452. The normalized spacial score (nSPS) is 18.8. The first-order chi connectivity index (χ1) is 18.2. The van der Waals surface area contributed by atoms with E-state index in [1.807, 2.05) is 29.2 Å². The van der Waals surface area contributed by atoms with Crippen LogP contribution in [0.1, 0.15) is 48.7 Å². The fourth-order valence-corrected chi connectivity index (χ4v) is 4.98. The van der Waals surface area contributed by atoms with Gasteiger partial charge < -0.3 is 26.2 Å². The summed E-state index contributed by atoms with van der Waals surface area (Å²) in [6.07, 6.45) is 6.05. The van der Waals surface area contributed by atoms with Gasteiger partial charge in [-0.1, -0.05) is 32.2 Å². The Kier molecular flexibility index (Phi) is 8.04. The van der Waals surface area contributed by atoms with Gasteiger partial charge in [0.05, 0.1) is 0 Å². The maximum absolute atomic E-state index is 12.0. The molecule has 2 fully saturated rings. The number of nitrogens with one attached hydrogen (secondary N) is 2. The number of nitrogens with two attached hydrogens (primary N) is 1. The molecule has 2 aliphatic heterocycles. The summed E-state index contributed by atoms with van der Waals surface area (Å²) in [4.78, 5) is 43.9. The van der Waals surface area contributed by atoms with Gasteiger partial charge in [-0.2, -0.15) is 4.98 Å². The minimum Gasteiger partial charge on any atom is -0.364 e. The molecule has 11 heteroatoms. The lowest BCUT2D eigenvalue weighted by Gasteiger charge is -2.39. The van der Waals surface area contributed by atoms with Crippen LogP contribution < -0.4 is 16.4 Å². The summed E-state index contributed by atoms with van der Waals surface area (Å²) in [6, 6.07) is 7.86. The zero-order valence-electron chi connectivity index (χ0n) is 21.7. The number of primary amides is 1. The van der Waals surface area contributed by atoms with E-state index < -0.39 is 5.91 Å². The number of hydrogen-bond acceptors (Lipinski definition) is 8. The Morgan fingerprint density at radius 1 is 1.03 bits per heavy atom. The molecule has 0 radical (unpaired) electrons. The Balaban J connectivity index is 1.46. The molecule has 3 amide bonds. The first-order valence-electron chi connectivity index (χ1n) is 12.7. The Labute approximate surface area is 222 Å². The lowest BCUT2D eigenvalue weighted by Crippen LogP contribution is -2.44. The van der Waals surface area contributed by atoms with Gasteiger partial charge in [0.2, 0.25) is 17.8 Å². The highest BCUT2D eigenvalue weighted by molar-refractivity contribution is 5.96. The summed E-state index contributed by atoms with van der Waals surface area (Å²) < 4.78 is 0. The van der Waals surface area contributed by atoms with Crippen molar-refractivity contribution < 1.29 is 14.4 Å². The molecule has 4 rings (SSSR count). The van der Waals surface area contributed by atoms with E-state index in [4.69, 9.17) is 5.73 Å². The molecule has 4 N–H and O–H groups in total. The van der Waals surface area contributed by atoms with Crippen molar-refractivity contribution in [2.24, 2.45) is 5.73 Å². The van der Waals surface area contributed by atoms with Gasteiger partial charge >= 0.3 is 0 Å². The SMILES string of the molecule is C=CC(=O)N1CCC(C)(c2ccc(Nc3nc(NC4CCCN(C(=O)C=C)C4)nnc3C(N)=O)cc2)CC1. The molecule has 1 unspecified atom stereocenters. The molecule has 0 spiro atoms. The number of hydrogen-bond donors (Lipinski definition) is 3. The number of benzene rings is 1. The van der Waals surface area contributed by atoms with Gasteiger partial charge in [-0.15, -0.1) is 10.2 Å². The first kappa shape index (κ1) is 26.8. The predicted molar refractivity (Wildman–Crippen MR) is 145 cm³/mol. The Hall–Kier alpha value is -4.28. The molecule has 1 aromatic heterocycles. The van der Waals surface area contributed by atoms with Crippen molar-refractivity contribution in [1.29, 1.82) is 0 Å². The standard InChI is InChI=1S/C27H34N8O3/c1-4-21(36)34-15-12-27(3,13-16-34)18-8-10-19(11-9-18)29-25-23(24(28)38)32-33-26(31-25)30-20-7-6-14-35(17-20)22(37)5-2/h4-5,8-11,20H,1-2,6-7,12-17H2,3H3,(H2,28,38)(H2,29,30,31,33). The monoisotopic (exact) mass is 518 g/mol. The highest BCUT2D eigenvalue weighted by atomic mass is 16.2. The molecule has 0 saturated carbocycles. The van der Waals surface area contributed by atoms with E-state index >= 15 is 0 Å². The van der Waals surface area contributed by atoms with E-state index in [1.54, 1.807) is 4.90 Å². The zero-order chi connectivity index (χ0) is 27.3. The van der Waals surface area contributed by atoms with Gasteiger partial charge in [0.1, 0.15) is 0 Å². The van der Waals surface area contributed by atoms with Crippen LogP contribution in [0.15, 0.2) is 49.6 Å². The highest BCUT2D eigenvalue weighted by Crippen LogP contribution is 2.36. The van der Waals surface area contributed by atoms with Gasteiger partial charge in [-0.3, -0.25) is 14.4 Å². The summed E-state index contributed by atoms with van der Waals surface area (Å²) in [5.41, 5.74) is 7.28. The molecular formula is C27H34N8O3. The molecule has 0 aliphatic carbocycles. The molecule has 11 nitrogen and oxygen atoms in total. The predicted octanol–water partition coefficient (Wildman–Crippen LogP) is 2.37. The summed E-state index contributed by atoms with van der Waals surface area (Å²) in [5.74, 6) is -0.463. The third kappa shape index (κ3) is 5.99. The fourth-order valence-electron chi connectivity index (χ4n) is 4.98. The van der Waals surface area contributed by atoms with Crippen LogP contribution in [0.5, 0.6) is 0 Å². The number of piperidine rings is 2. The average molecular weight is 519 g/mol. The summed E-state index contributed by atoms with van der Waals surface area (Å²) >= 11 is 0. The molecule has 0 bridgehead atoms. The second-order valence-electron chi connectivity index (χ2n) is 9.96. The Bertz CT molecular complexity index is 1220. The van der Waals surface area contributed by atoms with Crippen molar-refractivity contribution in [3.8, 4) is 0 Å². The van der Waals surface area contributed by atoms with Gasteiger partial charge in [0.25, 0.3) is 5.91 Å². The van der Waals surface area contributed by atoms with Gasteiger partial charge in [-0.05, 0) is 60.9 Å². The molecular weight excluding hydrogens is 484 g/mol. The zero-order valence-corrected chi connectivity index (χ0v) is 21.7. The number of rotatable bonds is 8. The van der Waals surface area contributed by atoms with Crippen LogP contribution in [0.3, 0.4) is 0 Å². The number of likely N-dealkylation sites (tertiary alicyclic amines) is 2. The number of nitrogens with zero attached hydrogens (tertiary/aromatic N) is 5. The van der Waals surface area contributed by atoms with Crippen molar-refractivity contribution in [3.63, 3.8) is 0 Å². The number of anilines is 3. The maximum Gasteiger partial charge on any atom is 0.273 e. The molecule has 1 aromatic carbocycles. The molecule has 38 heavy (non-hydrogen) atoms. The minimum atomic E-state index is -0.746. The van der Waals surface area contributed by atoms with Crippen LogP contribution in [-0.4, -0.2) is 74.9 Å². The molecule has 200 valence electrons. The van der Waals surface area contributed by atoms with Crippen molar-refractivity contribution in [1.82, 2.24) is 25.0 Å². The number of carbonyl (C=O) groups excluding carboxylic acids is 3. The molecule has 2 aromatic rings. The van der Waals surface area contributed by atoms with E-state index in [1.165, 1.54) is 17.7 Å². The largest absolute Gasteiger partial charge is 0.364 e. The number of carbonyl (C=O) groups is 3. The van der Waals surface area contributed by atoms with Crippen molar-refractivity contribution in [3.05, 3.63) is 60.8 Å². The molecule has 1 atom stereocenters. The molecule has 3 heterocycles. The van der Waals surface area contributed by atoms with Crippen molar-refractivity contribution in [2.75, 3.05) is 36.8 Å². The highest BCUT2D eigenvalue weighted by Gasteiger charge is 2.32. The average Bonchev–Trinajstić information content (AvgIpc) is 2.93. The van der Waals surface area contributed by atoms with Gasteiger partial charge in [0, 0.05) is 37.9 Å². The lowest BCUT2D eigenvalue weighted by atomic mass is 9.74. The lowest BCUT2D eigenvalue weighted by molar-refractivity contribution is -0.128. The second kappa shape index (κ2) is 11.4. The fraction of sp³-hybridized carbons (Fsp3) is 0.407. The maximum atomic E-state index is 12.0. The first-order valence-corrected chi connectivity index (χ1v) is 12.7. The molecule has 2 aliphatic rings. The van der Waals surface area contributed by atoms with Gasteiger partial charge in [0.15, 0.2) is 11.5 Å². The minimum absolute atomic E-state index is 0.0322. The van der Waals surface area contributed by atoms with Crippen LogP contribution in [0, 0.1) is 0 Å². The summed E-state index contributed by atoms with van der Waals surface area (Å²) in [6.45, 7) is 11.9. The van der Waals surface area contributed by atoms with Crippen LogP contribution in [0.4, 0.5) is 17.5 Å². The van der Waals surface area contributed by atoms with Crippen LogP contribution in [0.2, 0.25) is 0 Å². The number of amides is 3. The summed E-state index contributed by atoms with van der Waals surface area (Å²) in [5, 5.41) is 14.4. The van der Waals surface area contributed by atoms with E-state index in [0.29, 0.717) is 31.9 Å². The van der Waals surface area contributed by atoms with Crippen LogP contribution >= 0.6 is 0 Å².